The van der Waals surface area contributed by atoms with E-state index in [-0.39, 0.29) is 17.6 Å². The highest BCUT2D eigenvalue weighted by Crippen LogP contribution is 2.23. The summed E-state index contributed by atoms with van der Waals surface area (Å²) >= 11 is 0. The molecular formula is C13H24N2O3S. The lowest BCUT2D eigenvalue weighted by Gasteiger charge is -2.35. The minimum absolute atomic E-state index is 0.123. The number of sulfonamides is 1. The highest BCUT2D eigenvalue weighted by atomic mass is 32.2. The molecule has 2 heterocycles. The van der Waals surface area contributed by atoms with E-state index in [0.717, 1.165) is 38.8 Å². The molecule has 2 aliphatic rings. The van der Waals surface area contributed by atoms with Gasteiger partial charge in [0.2, 0.25) is 15.9 Å². The van der Waals surface area contributed by atoms with E-state index in [2.05, 4.69) is 0 Å². The molecule has 0 N–H and O–H groups in total. The molecule has 6 heteroatoms. The van der Waals surface area contributed by atoms with Crippen molar-refractivity contribution in [3.05, 3.63) is 0 Å². The van der Waals surface area contributed by atoms with Crippen LogP contribution in [0, 0.1) is 5.92 Å². The Labute approximate surface area is 116 Å². The molecule has 2 fully saturated rings. The van der Waals surface area contributed by atoms with Crippen molar-refractivity contribution >= 4 is 15.9 Å². The maximum Gasteiger partial charge on any atom is 0.227 e. The van der Waals surface area contributed by atoms with Crippen LogP contribution in [0.2, 0.25) is 0 Å². The van der Waals surface area contributed by atoms with Crippen LogP contribution in [0.3, 0.4) is 0 Å². The fourth-order valence-corrected chi connectivity index (χ4v) is 4.13. The molecule has 1 atom stereocenters. The van der Waals surface area contributed by atoms with Crippen LogP contribution in [-0.2, 0) is 14.8 Å². The average molecular weight is 288 g/mol. The lowest BCUT2D eigenvalue weighted by molar-refractivity contribution is -0.137. The summed E-state index contributed by atoms with van der Waals surface area (Å²) in [5.41, 5.74) is 0. The van der Waals surface area contributed by atoms with Gasteiger partial charge in [-0.05, 0) is 39.0 Å². The van der Waals surface area contributed by atoms with Crippen molar-refractivity contribution in [3.8, 4) is 0 Å². The smallest absolute Gasteiger partial charge is 0.227 e. The van der Waals surface area contributed by atoms with Crippen molar-refractivity contribution in [1.29, 1.82) is 0 Å². The van der Waals surface area contributed by atoms with Crippen LogP contribution in [-0.4, -0.2) is 55.5 Å². The Bertz CT molecular complexity index is 416. The van der Waals surface area contributed by atoms with Crippen molar-refractivity contribution in [1.82, 2.24) is 9.21 Å². The van der Waals surface area contributed by atoms with Crippen LogP contribution in [0.25, 0.3) is 0 Å². The Morgan fingerprint density at radius 3 is 2.42 bits per heavy atom. The maximum atomic E-state index is 12.4. The second-order valence-electron chi connectivity index (χ2n) is 5.48. The molecule has 0 aliphatic carbocycles. The fourth-order valence-electron chi connectivity index (χ4n) is 2.95. The normalized spacial score (nSPS) is 26.4. The van der Waals surface area contributed by atoms with E-state index < -0.39 is 10.0 Å². The van der Waals surface area contributed by atoms with Gasteiger partial charge in [0.1, 0.15) is 0 Å². The van der Waals surface area contributed by atoms with Gasteiger partial charge in [-0.15, -0.1) is 0 Å². The molecule has 2 rings (SSSR count). The van der Waals surface area contributed by atoms with Crippen molar-refractivity contribution < 1.29 is 13.2 Å². The molecule has 0 aromatic rings. The zero-order valence-corrected chi connectivity index (χ0v) is 12.5. The van der Waals surface area contributed by atoms with Gasteiger partial charge < -0.3 is 4.90 Å². The first kappa shape index (κ1) is 14.8. The first-order valence-corrected chi connectivity index (χ1v) is 8.92. The predicted octanol–water partition coefficient (Wildman–Crippen LogP) is 1.06. The van der Waals surface area contributed by atoms with Gasteiger partial charge in [0.05, 0.1) is 11.7 Å². The third kappa shape index (κ3) is 3.48. The Hall–Kier alpha value is -0.620. The third-order valence-corrected chi connectivity index (χ3v) is 6.01. The summed E-state index contributed by atoms with van der Waals surface area (Å²) in [5, 5.41) is 0. The van der Waals surface area contributed by atoms with Crippen LogP contribution in [0.1, 0.15) is 39.0 Å². The number of amides is 1. The molecule has 110 valence electrons. The quantitative estimate of drug-likeness (QED) is 0.780. The lowest BCUT2D eigenvalue weighted by Crippen LogP contribution is -2.48. The van der Waals surface area contributed by atoms with Crippen molar-refractivity contribution in [2.24, 2.45) is 5.92 Å². The molecule has 5 nitrogen and oxygen atoms in total. The summed E-state index contributed by atoms with van der Waals surface area (Å²) in [4.78, 5) is 14.3. The van der Waals surface area contributed by atoms with Gasteiger partial charge in [-0.25, -0.2) is 12.7 Å². The highest BCUT2D eigenvalue weighted by molar-refractivity contribution is 7.89. The summed E-state index contributed by atoms with van der Waals surface area (Å²) < 4.78 is 25.3. The standard InChI is InChI=1S/C13H24N2O3S/c1-2-19(17,18)15-10-6-7-12(11-15)13(16)14-8-4-3-5-9-14/h12H,2-11H2,1H3. The molecule has 0 saturated carbocycles. The van der Waals surface area contributed by atoms with Crippen LogP contribution in [0.15, 0.2) is 0 Å². The molecule has 0 spiro atoms. The number of piperidine rings is 2. The van der Waals surface area contributed by atoms with Gasteiger partial charge in [-0.2, -0.15) is 0 Å². The van der Waals surface area contributed by atoms with E-state index in [4.69, 9.17) is 0 Å². The van der Waals surface area contributed by atoms with Crippen LogP contribution in [0.4, 0.5) is 0 Å². The molecular weight excluding hydrogens is 264 g/mol. The van der Waals surface area contributed by atoms with Gasteiger partial charge in [0.25, 0.3) is 0 Å². The number of hydrogen-bond donors (Lipinski definition) is 0. The Kier molecular flexibility index (Phi) is 4.84. The molecule has 1 unspecified atom stereocenters. The number of rotatable bonds is 3. The number of hydrogen-bond acceptors (Lipinski definition) is 3. The number of nitrogens with zero attached hydrogens (tertiary/aromatic N) is 2. The maximum absolute atomic E-state index is 12.4. The van der Waals surface area contributed by atoms with Crippen molar-refractivity contribution in [2.75, 3.05) is 31.9 Å². The minimum atomic E-state index is -3.16. The van der Waals surface area contributed by atoms with Gasteiger partial charge in [0, 0.05) is 26.2 Å². The molecule has 0 radical (unpaired) electrons. The molecule has 1 amide bonds. The van der Waals surface area contributed by atoms with Crippen LogP contribution >= 0.6 is 0 Å². The highest BCUT2D eigenvalue weighted by Gasteiger charge is 2.33. The van der Waals surface area contributed by atoms with Gasteiger partial charge >= 0.3 is 0 Å². The molecule has 2 aliphatic heterocycles. The SMILES string of the molecule is CCS(=O)(=O)N1CCCC(C(=O)N2CCCCC2)C1. The van der Waals surface area contributed by atoms with Crippen LogP contribution in [0.5, 0.6) is 0 Å². The number of carbonyl (C=O) groups excluding carboxylic acids is 1. The summed E-state index contributed by atoms with van der Waals surface area (Å²) in [7, 11) is -3.16. The second kappa shape index (κ2) is 6.22. The van der Waals surface area contributed by atoms with Gasteiger partial charge in [0.15, 0.2) is 0 Å². The van der Waals surface area contributed by atoms with E-state index in [1.54, 1.807) is 6.92 Å². The van der Waals surface area contributed by atoms with Gasteiger partial charge in [-0.3, -0.25) is 4.79 Å². The van der Waals surface area contributed by atoms with E-state index >= 15 is 0 Å². The lowest BCUT2D eigenvalue weighted by atomic mass is 9.97. The van der Waals surface area contributed by atoms with Crippen molar-refractivity contribution in [2.45, 2.75) is 39.0 Å². The van der Waals surface area contributed by atoms with Gasteiger partial charge in [-0.1, -0.05) is 0 Å². The number of likely N-dealkylation sites (tertiary alicyclic amines) is 1. The molecule has 2 saturated heterocycles. The molecule has 0 bridgehead atoms. The predicted molar refractivity (Wildman–Crippen MR) is 74.2 cm³/mol. The van der Waals surface area contributed by atoms with E-state index in [0.29, 0.717) is 13.1 Å². The fraction of sp³-hybridized carbons (Fsp3) is 0.923. The topological polar surface area (TPSA) is 57.7 Å². The monoisotopic (exact) mass is 288 g/mol. The van der Waals surface area contributed by atoms with E-state index in [1.807, 2.05) is 4.90 Å². The molecule has 0 aromatic heterocycles. The Balaban J connectivity index is 1.98. The Morgan fingerprint density at radius 1 is 1.11 bits per heavy atom. The van der Waals surface area contributed by atoms with E-state index in [9.17, 15) is 13.2 Å². The Morgan fingerprint density at radius 2 is 1.79 bits per heavy atom. The number of carbonyl (C=O) groups is 1. The first-order valence-electron chi connectivity index (χ1n) is 7.31. The summed E-state index contributed by atoms with van der Waals surface area (Å²) in [6.45, 7) is 4.29. The summed E-state index contributed by atoms with van der Waals surface area (Å²) in [6, 6.07) is 0. The van der Waals surface area contributed by atoms with Crippen molar-refractivity contribution in [3.63, 3.8) is 0 Å². The zero-order valence-electron chi connectivity index (χ0n) is 11.7. The van der Waals surface area contributed by atoms with E-state index in [1.165, 1.54) is 10.7 Å². The largest absolute Gasteiger partial charge is 0.342 e. The molecule has 19 heavy (non-hydrogen) atoms. The zero-order chi connectivity index (χ0) is 13.9. The third-order valence-electron chi connectivity index (χ3n) is 4.16. The first-order chi connectivity index (χ1) is 9.04. The van der Waals surface area contributed by atoms with Crippen LogP contribution < -0.4 is 0 Å². The molecule has 0 aromatic carbocycles. The minimum Gasteiger partial charge on any atom is -0.342 e. The summed E-state index contributed by atoms with van der Waals surface area (Å²) in [5.74, 6) is 0.154. The second-order valence-corrected chi connectivity index (χ2v) is 7.74. The summed E-state index contributed by atoms with van der Waals surface area (Å²) in [6.07, 6.45) is 4.98. The average Bonchev–Trinajstić information content (AvgIpc) is 2.47.